The van der Waals surface area contributed by atoms with Gasteiger partial charge in [0.25, 0.3) is 0 Å². The Balaban J connectivity index is 1.15. The van der Waals surface area contributed by atoms with Crippen molar-refractivity contribution < 1.29 is 14.3 Å². The van der Waals surface area contributed by atoms with Gasteiger partial charge in [-0.05, 0) is 54.4 Å². The van der Waals surface area contributed by atoms with Crippen molar-refractivity contribution in [3.63, 3.8) is 0 Å². The molecule has 0 N–H and O–H groups in total. The molecular weight excluding hydrogens is 434 g/mol. The topological polar surface area (TPSA) is 46.6 Å². The van der Waals surface area contributed by atoms with Gasteiger partial charge in [-0.15, -0.1) is 0 Å². The van der Waals surface area contributed by atoms with Gasteiger partial charge in [0.15, 0.2) is 0 Å². The number of ketones is 1. The number of fused-ring (bicyclic) bond motifs is 5. The fourth-order valence-electron chi connectivity index (χ4n) is 6.69. The van der Waals surface area contributed by atoms with Crippen LogP contribution in [0.4, 0.5) is 4.79 Å². The van der Waals surface area contributed by atoms with Gasteiger partial charge in [-0.3, -0.25) is 4.79 Å². The summed E-state index contributed by atoms with van der Waals surface area (Å²) in [4.78, 5) is 28.1. The summed E-state index contributed by atoms with van der Waals surface area (Å²) in [6.07, 6.45) is 11.4. The first-order valence-electron chi connectivity index (χ1n) is 13.8. The highest BCUT2D eigenvalue weighted by molar-refractivity contribution is 5.82. The molecular formula is C31H39NO3. The Bertz CT molecular complexity index is 988. The summed E-state index contributed by atoms with van der Waals surface area (Å²) < 4.78 is 5.97. The van der Waals surface area contributed by atoms with E-state index in [-0.39, 0.29) is 30.0 Å². The maximum Gasteiger partial charge on any atom is 0.410 e. The lowest BCUT2D eigenvalue weighted by Gasteiger charge is -2.37. The van der Waals surface area contributed by atoms with E-state index < -0.39 is 0 Å². The van der Waals surface area contributed by atoms with Crippen LogP contribution in [0.5, 0.6) is 0 Å². The number of rotatable bonds is 10. The van der Waals surface area contributed by atoms with Gasteiger partial charge in [0.2, 0.25) is 0 Å². The smallest absolute Gasteiger partial charge is 0.410 e. The first kappa shape index (κ1) is 24.1. The van der Waals surface area contributed by atoms with E-state index in [1.165, 1.54) is 47.9 Å². The van der Waals surface area contributed by atoms with Gasteiger partial charge >= 0.3 is 6.09 Å². The van der Waals surface area contributed by atoms with Gasteiger partial charge in [0.05, 0.1) is 0 Å². The van der Waals surface area contributed by atoms with Gasteiger partial charge in [-0.1, -0.05) is 87.6 Å². The number of benzene rings is 2. The van der Waals surface area contributed by atoms with E-state index >= 15 is 0 Å². The first-order valence-corrected chi connectivity index (χ1v) is 13.8. The van der Waals surface area contributed by atoms with Crippen LogP contribution in [0.1, 0.15) is 94.6 Å². The van der Waals surface area contributed by atoms with Crippen molar-refractivity contribution in [3.8, 4) is 11.1 Å². The number of piperidine rings is 1. The molecule has 2 aliphatic heterocycles. The predicted molar refractivity (Wildman–Crippen MR) is 139 cm³/mol. The van der Waals surface area contributed by atoms with E-state index in [0.29, 0.717) is 18.8 Å². The molecule has 2 aromatic carbocycles. The van der Waals surface area contributed by atoms with E-state index in [2.05, 4.69) is 55.5 Å². The molecule has 0 aromatic heterocycles. The standard InChI is InChI=1S/C31H39NO3/c1-2-3-4-5-6-7-16-30(33)22-19-23-17-18-24(20-22)32(23)31(34)35-21-29-27-14-10-8-12-25(27)26-13-9-11-15-28(26)29/h8-15,22-24,29H,2-7,16-21H2,1H3. The SMILES string of the molecule is CCCCCCCCC(=O)C1CC2CCC(C1)N2C(=O)OCC1c2ccccc2-c2ccccc21. The minimum atomic E-state index is -0.193. The summed E-state index contributed by atoms with van der Waals surface area (Å²) in [7, 11) is 0. The van der Waals surface area contributed by atoms with Gasteiger partial charge < -0.3 is 9.64 Å². The van der Waals surface area contributed by atoms with Crippen molar-refractivity contribution in [1.82, 2.24) is 4.90 Å². The Morgan fingerprint density at radius 2 is 1.40 bits per heavy atom. The monoisotopic (exact) mass is 473 g/mol. The zero-order chi connectivity index (χ0) is 24.2. The fraction of sp³-hybridized carbons (Fsp3) is 0.548. The molecule has 3 aliphatic rings. The third-order valence-corrected chi connectivity index (χ3v) is 8.51. The molecule has 186 valence electrons. The molecule has 2 heterocycles. The van der Waals surface area contributed by atoms with E-state index in [1.807, 2.05) is 4.90 Å². The van der Waals surface area contributed by atoms with Crippen LogP contribution in [-0.2, 0) is 9.53 Å². The lowest BCUT2D eigenvalue weighted by Crippen LogP contribution is -2.48. The number of ether oxygens (including phenoxy) is 1. The minimum absolute atomic E-state index is 0.0837. The van der Waals surface area contributed by atoms with Crippen LogP contribution in [0.15, 0.2) is 48.5 Å². The molecule has 1 aliphatic carbocycles. The molecule has 0 saturated carbocycles. The van der Waals surface area contributed by atoms with Crippen molar-refractivity contribution in [2.24, 2.45) is 5.92 Å². The zero-order valence-corrected chi connectivity index (χ0v) is 21.1. The largest absolute Gasteiger partial charge is 0.448 e. The predicted octanol–water partition coefficient (Wildman–Crippen LogP) is 7.50. The molecule has 35 heavy (non-hydrogen) atoms. The van der Waals surface area contributed by atoms with Crippen LogP contribution in [0.3, 0.4) is 0 Å². The van der Waals surface area contributed by atoms with Gasteiger partial charge in [-0.2, -0.15) is 0 Å². The van der Waals surface area contributed by atoms with Crippen molar-refractivity contribution >= 4 is 11.9 Å². The second kappa shape index (κ2) is 11.0. The Morgan fingerprint density at radius 3 is 2.03 bits per heavy atom. The molecule has 0 spiro atoms. The summed E-state index contributed by atoms with van der Waals surface area (Å²) in [5.41, 5.74) is 4.97. The van der Waals surface area contributed by atoms with E-state index in [4.69, 9.17) is 4.74 Å². The molecule has 2 aromatic rings. The number of hydrogen-bond acceptors (Lipinski definition) is 3. The normalized spacial score (nSPS) is 22.7. The number of hydrogen-bond donors (Lipinski definition) is 0. The minimum Gasteiger partial charge on any atom is -0.448 e. The molecule has 2 unspecified atom stereocenters. The Hall–Kier alpha value is -2.62. The van der Waals surface area contributed by atoms with Crippen LogP contribution in [0.2, 0.25) is 0 Å². The van der Waals surface area contributed by atoms with Crippen LogP contribution < -0.4 is 0 Å². The number of carbonyl (C=O) groups excluding carboxylic acids is 2. The fourth-order valence-corrected chi connectivity index (χ4v) is 6.69. The Morgan fingerprint density at radius 1 is 0.829 bits per heavy atom. The molecule has 1 amide bonds. The summed E-state index contributed by atoms with van der Waals surface area (Å²) in [5, 5.41) is 0. The van der Waals surface area contributed by atoms with E-state index in [9.17, 15) is 9.59 Å². The number of carbonyl (C=O) groups is 2. The summed E-state index contributed by atoms with van der Waals surface area (Å²) in [6.45, 7) is 2.59. The van der Waals surface area contributed by atoms with Crippen molar-refractivity contribution in [2.45, 2.75) is 95.6 Å². The number of Topliss-reactive ketones (excluding diaryl/α,β-unsaturated/α-hetero) is 1. The van der Waals surface area contributed by atoms with Crippen LogP contribution in [-0.4, -0.2) is 35.5 Å². The molecule has 2 saturated heterocycles. The van der Waals surface area contributed by atoms with Crippen LogP contribution in [0, 0.1) is 5.92 Å². The lowest BCUT2D eigenvalue weighted by atomic mass is 9.85. The average molecular weight is 474 g/mol. The van der Waals surface area contributed by atoms with Gasteiger partial charge in [0.1, 0.15) is 12.4 Å². The highest BCUT2D eigenvalue weighted by Crippen LogP contribution is 2.45. The van der Waals surface area contributed by atoms with Crippen LogP contribution in [0.25, 0.3) is 11.1 Å². The molecule has 2 fully saturated rings. The van der Waals surface area contributed by atoms with Crippen LogP contribution >= 0.6 is 0 Å². The highest BCUT2D eigenvalue weighted by Gasteiger charge is 2.45. The van der Waals surface area contributed by atoms with Crippen molar-refractivity contribution in [1.29, 1.82) is 0 Å². The molecule has 0 radical (unpaired) electrons. The third kappa shape index (κ3) is 5.03. The lowest BCUT2D eigenvalue weighted by molar-refractivity contribution is -0.125. The van der Waals surface area contributed by atoms with Gasteiger partial charge in [0, 0.05) is 30.3 Å². The molecule has 4 nitrogen and oxygen atoms in total. The van der Waals surface area contributed by atoms with E-state index in [0.717, 1.165) is 38.5 Å². The second-order valence-electron chi connectivity index (χ2n) is 10.7. The molecule has 2 bridgehead atoms. The summed E-state index contributed by atoms with van der Waals surface area (Å²) in [5.74, 6) is 0.630. The van der Waals surface area contributed by atoms with E-state index in [1.54, 1.807) is 0 Å². The summed E-state index contributed by atoms with van der Waals surface area (Å²) in [6, 6.07) is 17.2. The maximum atomic E-state index is 13.2. The quantitative estimate of drug-likeness (QED) is 0.336. The number of unbranched alkanes of at least 4 members (excludes halogenated alkanes) is 5. The third-order valence-electron chi connectivity index (χ3n) is 8.51. The maximum absolute atomic E-state index is 13.2. The van der Waals surface area contributed by atoms with Gasteiger partial charge in [-0.25, -0.2) is 4.79 Å². The number of nitrogens with zero attached hydrogens (tertiary/aromatic N) is 1. The highest BCUT2D eigenvalue weighted by atomic mass is 16.6. The first-order chi connectivity index (χ1) is 17.2. The molecule has 2 atom stereocenters. The average Bonchev–Trinajstić information content (AvgIpc) is 3.35. The molecule has 4 heteroatoms. The summed E-state index contributed by atoms with van der Waals surface area (Å²) >= 11 is 0. The second-order valence-corrected chi connectivity index (χ2v) is 10.7. The zero-order valence-electron chi connectivity index (χ0n) is 21.1. The van der Waals surface area contributed by atoms with Crippen molar-refractivity contribution in [3.05, 3.63) is 59.7 Å². The molecule has 5 rings (SSSR count). The Kier molecular flexibility index (Phi) is 7.55. The van der Waals surface area contributed by atoms with Crippen molar-refractivity contribution in [2.75, 3.05) is 6.61 Å². The number of amides is 1. The Labute approximate surface area is 210 Å².